The van der Waals surface area contributed by atoms with Gasteiger partial charge < -0.3 is 19.8 Å². The van der Waals surface area contributed by atoms with Gasteiger partial charge in [0.2, 0.25) is 0 Å². The fourth-order valence-electron chi connectivity index (χ4n) is 7.34. The molecule has 0 radical (unpaired) electrons. The molecule has 0 saturated carbocycles. The number of ether oxygens (including phenoxy) is 1. The van der Waals surface area contributed by atoms with Crippen molar-refractivity contribution in [1.82, 2.24) is 0 Å². The minimum absolute atomic E-state index is 0.125. The first kappa shape index (κ1) is 41.9. The summed E-state index contributed by atoms with van der Waals surface area (Å²) in [4.78, 5) is 17.0. The van der Waals surface area contributed by atoms with Crippen molar-refractivity contribution < 1.29 is 46.1 Å². The minimum atomic E-state index is -4.55. The van der Waals surface area contributed by atoms with Gasteiger partial charge >= 0.3 is 12.4 Å². The minimum Gasteiger partial charge on any atom is -0.383 e. The highest BCUT2D eigenvalue weighted by molar-refractivity contribution is 7.20. The molecule has 2 unspecified atom stereocenters. The summed E-state index contributed by atoms with van der Waals surface area (Å²) in [5.74, 6) is -0.295. The third-order valence-corrected chi connectivity index (χ3v) is 12.9. The fraction of sp³-hybridized carbons (Fsp3) is 0.146. The van der Waals surface area contributed by atoms with Crippen LogP contribution in [-0.2, 0) is 17.1 Å². The Labute approximate surface area is 354 Å². The molecule has 0 bridgehead atoms. The van der Waals surface area contributed by atoms with Crippen molar-refractivity contribution >= 4 is 54.4 Å². The second-order valence-corrected chi connectivity index (χ2v) is 16.5. The Kier molecular flexibility index (Phi) is 11.6. The third kappa shape index (κ3) is 8.70. The normalized spacial score (nSPS) is 13.1. The van der Waals surface area contributed by atoms with Gasteiger partial charge in [-0.3, -0.25) is 4.79 Å². The summed E-state index contributed by atoms with van der Waals surface area (Å²) in [5.41, 5.74) is 2.66. The first-order valence-electron chi connectivity index (χ1n) is 19.0. The number of hydrogen-bond donors (Lipinski definition) is 2. The number of nitrogens with zero attached hydrogens (tertiary/aromatic N) is 1. The number of rotatable bonds is 11. The van der Waals surface area contributed by atoms with E-state index in [1.54, 1.807) is 42.3 Å². The zero-order valence-corrected chi connectivity index (χ0v) is 33.8. The molecule has 8 aromatic rings. The molecule has 0 spiro atoms. The molecule has 310 valence electrons. The molecule has 2 heterocycles. The maximum absolute atomic E-state index is 14.5. The monoisotopic (exact) mass is 867 g/mol. The van der Waals surface area contributed by atoms with E-state index in [0.717, 1.165) is 66.7 Å². The molecule has 13 heteroatoms. The topological polar surface area (TPSA) is 70.0 Å². The highest BCUT2D eigenvalue weighted by atomic mass is 32.1. The molecule has 2 N–H and O–H groups in total. The first-order chi connectivity index (χ1) is 29.2. The number of benzene rings is 6. The molecule has 8 rings (SSSR count). The molecule has 6 aromatic carbocycles. The number of aliphatic hydroxyl groups is 2. The lowest BCUT2D eigenvalue weighted by Gasteiger charge is -2.24. The number of carbonyl (C=O) groups is 1. The number of anilines is 1. The van der Waals surface area contributed by atoms with E-state index in [2.05, 4.69) is 0 Å². The van der Waals surface area contributed by atoms with Crippen LogP contribution in [0.1, 0.15) is 54.6 Å². The van der Waals surface area contributed by atoms with E-state index in [1.807, 2.05) is 66.7 Å². The van der Waals surface area contributed by atoms with Crippen LogP contribution in [0.2, 0.25) is 0 Å². The SMILES string of the molecule is COCCN(C(=O)c1cccc(-c2cccc3cc(C(O)c4cccc(C(F)(F)F)c4)sc23)c1)c1cccc(-c2cccc3cc(C(O)c4cccc(C(F)(F)F)c4)sc23)c1. The number of carbonyl (C=O) groups excluding carboxylic acids is 1. The van der Waals surface area contributed by atoms with Crippen LogP contribution in [0.15, 0.2) is 146 Å². The molecule has 2 atom stereocenters. The molecule has 1 amide bonds. The molecule has 61 heavy (non-hydrogen) atoms. The predicted octanol–water partition coefficient (Wildman–Crippen LogP) is 12.9. The lowest BCUT2D eigenvalue weighted by molar-refractivity contribution is -0.138. The molecule has 0 aliphatic carbocycles. The Balaban J connectivity index is 1.09. The van der Waals surface area contributed by atoms with Crippen LogP contribution in [0.5, 0.6) is 0 Å². The molecule has 0 aliphatic rings. The second kappa shape index (κ2) is 16.9. The van der Waals surface area contributed by atoms with Gasteiger partial charge in [-0.2, -0.15) is 26.3 Å². The molecule has 0 saturated heterocycles. The number of fused-ring (bicyclic) bond motifs is 2. The first-order valence-corrected chi connectivity index (χ1v) is 20.6. The van der Waals surface area contributed by atoms with Crippen molar-refractivity contribution in [1.29, 1.82) is 0 Å². The summed E-state index contributed by atoms with van der Waals surface area (Å²) in [6.07, 6.45) is -11.7. The van der Waals surface area contributed by atoms with Crippen LogP contribution in [-0.4, -0.2) is 36.4 Å². The maximum atomic E-state index is 14.5. The van der Waals surface area contributed by atoms with Crippen molar-refractivity contribution in [2.24, 2.45) is 0 Å². The third-order valence-electron chi connectivity index (χ3n) is 10.4. The zero-order valence-electron chi connectivity index (χ0n) is 32.2. The summed E-state index contributed by atoms with van der Waals surface area (Å²) < 4.78 is 87.7. The Morgan fingerprint density at radius 3 is 1.59 bits per heavy atom. The molecule has 2 aromatic heterocycles. The highest BCUT2D eigenvalue weighted by Gasteiger charge is 2.32. The van der Waals surface area contributed by atoms with E-state index in [0.29, 0.717) is 21.0 Å². The van der Waals surface area contributed by atoms with Gasteiger partial charge in [-0.1, -0.05) is 84.9 Å². The smallest absolute Gasteiger partial charge is 0.383 e. The van der Waals surface area contributed by atoms with E-state index in [4.69, 9.17) is 4.74 Å². The van der Waals surface area contributed by atoms with Crippen LogP contribution in [0.3, 0.4) is 0 Å². The number of alkyl halides is 6. The number of methoxy groups -OCH3 is 1. The van der Waals surface area contributed by atoms with Gasteiger partial charge in [-0.25, -0.2) is 0 Å². The van der Waals surface area contributed by atoms with Gasteiger partial charge in [0.25, 0.3) is 5.91 Å². The summed E-state index contributed by atoms with van der Waals surface area (Å²) in [5, 5.41) is 24.0. The summed E-state index contributed by atoms with van der Waals surface area (Å²) >= 11 is 2.55. The Hall–Kier alpha value is -5.83. The van der Waals surface area contributed by atoms with Crippen LogP contribution in [0, 0.1) is 0 Å². The van der Waals surface area contributed by atoms with E-state index < -0.39 is 35.7 Å². The number of halogens is 6. The number of thiophene rings is 2. The Morgan fingerprint density at radius 1 is 0.607 bits per heavy atom. The van der Waals surface area contributed by atoms with Gasteiger partial charge in [0.1, 0.15) is 12.2 Å². The number of aliphatic hydroxyl groups excluding tert-OH is 2. The molecular formula is C48H35F6NO4S2. The van der Waals surface area contributed by atoms with Crippen molar-refractivity contribution in [3.63, 3.8) is 0 Å². The van der Waals surface area contributed by atoms with Crippen LogP contribution >= 0.6 is 22.7 Å². The van der Waals surface area contributed by atoms with E-state index in [9.17, 15) is 41.4 Å². The molecule has 5 nitrogen and oxygen atoms in total. The van der Waals surface area contributed by atoms with Crippen LogP contribution in [0.4, 0.5) is 32.0 Å². The van der Waals surface area contributed by atoms with Crippen molar-refractivity contribution in [2.45, 2.75) is 24.6 Å². The number of amides is 1. The van der Waals surface area contributed by atoms with Gasteiger partial charge in [0.15, 0.2) is 0 Å². The van der Waals surface area contributed by atoms with E-state index in [-0.39, 0.29) is 30.2 Å². The second-order valence-electron chi connectivity index (χ2n) is 14.4. The number of hydrogen-bond acceptors (Lipinski definition) is 6. The highest BCUT2D eigenvalue weighted by Crippen LogP contribution is 2.42. The van der Waals surface area contributed by atoms with Gasteiger partial charge in [-0.15, -0.1) is 22.7 Å². The average molecular weight is 868 g/mol. The predicted molar refractivity (Wildman–Crippen MR) is 229 cm³/mol. The van der Waals surface area contributed by atoms with Crippen LogP contribution in [0.25, 0.3) is 42.4 Å². The fourth-order valence-corrected chi connectivity index (χ4v) is 9.76. The van der Waals surface area contributed by atoms with Crippen molar-refractivity contribution in [3.8, 4) is 22.3 Å². The molecule has 0 fully saturated rings. The maximum Gasteiger partial charge on any atom is 0.416 e. The lowest BCUT2D eigenvalue weighted by Crippen LogP contribution is -2.34. The molecular weight excluding hydrogens is 833 g/mol. The Morgan fingerprint density at radius 2 is 1.08 bits per heavy atom. The summed E-state index contributed by atoms with van der Waals surface area (Å²) in [7, 11) is 1.54. The quantitative estimate of drug-likeness (QED) is 0.127. The van der Waals surface area contributed by atoms with E-state index in [1.165, 1.54) is 46.9 Å². The van der Waals surface area contributed by atoms with E-state index >= 15 is 0 Å². The largest absolute Gasteiger partial charge is 0.416 e. The lowest BCUT2D eigenvalue weighted by atomic mass is 10.00. The van der Waals surface area contributed by atoms with Crippen molar-refractivity contribution in [2.75, 3.05) is 25.2 Å². The average Bonchev–Trinajstić information content (AvgIpc) is 3.91. The Bertz CT molecular complexity index is 2880. The standard InChI is InChI=1S/C48H35F6NO4S2/c1-59-21-20-55(37-17-5-9-29(25-37)39-19-7-13-33-27-41(61-45(33)39)43(57)31-11-4-16-36(24-31)48(52,53)54)46(58)34-14-2-8-28(22-34)38-18-6-12-32-26-40(60-44(32)38)42(56)30-10-3-15-35(23-30)47(49,50)51/h2-19,22-27,42-43,56-57H,20-21H2,1H3. The van der Waals surface area contributed by atoms with Gasteiger partial charge in [-0.05, 0) is 105 Å². The van der Waals surface area contributed by atoms with Crippen LogP contribution < -0.4 is 4.90 Å². The van der Waals surface area contributed by atoms with Gasteiger partial charge in [0, 0.05) is 44.1 Å². The van der Waals surface area contributed by atoms with Crippen molar-refractivity contribution in [3.05, 3.63) is 183 Å². The molecule has 0 aliphatic heterocycles. The zero-order chi connectivity index (χ0) is 43.1. The van der Waals surface area contributed by atoms with Gasteiger partial charge in [0.05, 0.1) is 17.7 Å². The summed E-state index contributed by atoms with van der Waals surface area (Å²) in [6, 6.07) is 38.7. The summed E-state index contributed by atoms with van der Waals surface area (Å²) in [6.45, 7) is 0.454.